The molecule has 0 aliphatic heterocycles. The quantitative estimate of drug-likeness (QED) is 0.698. The van der Waals surface area contributed by atoms with E-state index in [9.17, 15) is 0 Å². The maximum absolute atomic E-state index is 6.01. The Morgan fingerprint density at radius 3 is 2.79 bits per heavy atom. The van der Waals surface area contributed by atoms with Gasteiger partial charge in [0.1, 0.15) is 16.3 Å². The fourth-order valence-corrected chi connectivity index (χ4v) is 3.24. The van der Waals surface area contributed by atoms with E-state index in [2.05, 4.69) is 26.6 Å². The van der Waals surface area contributed by atoms with Crippen molar-refractivity contribution in [2.24, 2.45) is 7.05 Å². The molecule has 3 rings (SSSR count). The zero-order chi connectivity index (χ0) is 13.6. The molecule has 0 fully saturated rings. The van der Waals surface area contributed by atoms with Gasteiger partial charge in [0.15, 0.2) is 5.65 Å². The van der Waals surface area contributed by atoms with E-state index in [4.69, 9.17) is 11.6 Å². The van der Waals surface area contributed by atoms with E-state index in [1.165, 1.54) is 4.88 Å². The van der Waals surface area contributed by atoms with Gasteiger partial charge in [0.05, 0.1) is 18.1 Å². The van der Waals surface area contributed by atoms with Crippen LogP contribution in [0.4, 0.5) is 0 Å². The Kier molecular flexibility index (Phi) is 3.06. The molecule has 0 unspecified atom stereocenters. The van der Waals surface area contributed by atoms with Crippen LogP contribution in [0.2, 0.25) is 0 Å². The number of thiazole rings is 1. The van der Waals surface area contributed by atoms with Gasteiger partial charge in [0.25, 0.3) is 0 Å². The second-order valence-corrected chi connectivity index (χ2v) is 6.08. The van der Waals surface area contributed by atoms with E-state index < -0.39 is 0 Å². The van der Waals surface area contributed by atoms with Crippen LogP contribution in [0, 0.1) is 13.8 Å². The maximum Gasteiger partial charge on any atom is 0.159 e. The number of aromatic nitrogens is 5. The number of rotatable bonds is 3. The van der Waals surface area contributed by atoms with Crippen LogP contribution >= 0.6 is 22.9 Å². The van der Waals surface area contributed by atoms with Gasteiger partial charge in [-0.2, -0.15) is 5.10 Å². The minimum atomic E-state index is 0.387. The van der Waals surface area contributed by atoms with Gasteiger partial charge in [-0.1, -0.05) is 0 Å². The van der Waals surface area contributed by atoms with Crippen LogP contribution in [0.25, 0.3) is 11.2 Å². The van der Waals surface area contributed by atoms with Crippen LogP contribution in [0.5, 0.6) is 0 Å². The first kappa shape index (κ1) is 12.6. The van der Waals surface area contributed by atoms with E-state index >= 15 is 0 Å². The SMILES string of the molecule is Cc1cnc(Cn2c(CCl)nc3c(C)nn(C)c32)s1. The van der Waals surface area contributed by atoms with Crippen LogP contribution < -0.4 is 0 Å². The van der Waals surface area contributed by atoms with E-state index in [0.717, 1.165) is 27.7 Å². The van der Waals surface area contributed by atoms with Crippen LogP contribution in [0.1, 0.15) is 21.4 Å². The maximum atomic E-state index is 6.01. The normalized spacial score (nSPS) is 11.6. The lowest BCUT2D eigenvalue weighted by molar-refractivity contribution is 0.700. The van der Waals surface area contributed by atoms with Crippen LogP contribution in [0.15, 0.2) is 6.20 Å². The molecule has 3 heterocycles. The first-order valence-electron chi connectivity index (χ1n) is 5.96. The number of aryl methyl sites for hydroxylation is 3. The summed E-state index contributed by atoms with van der Waals surface area (Å²) in [7, 11) is 1.93. The Balaban J connectivity index is 2.15. The molecular weight excluding hydrogens is 282 g/mol. The molecule has 5 nitrogen and oxygen atoms in total. The van der Waals surface area contributed by atoms with Crippen LogP contribution in [0.3, 0.4) is 0 Å². The van der Waals surface area contributed by atoms with Crippen molar-refractivity contribution < 1.29 is 0 Å². The van der Waals surface area contributed by atoms with E-state index in [-0.39, 0.29) is 0 Å². The van der Waals surface area contributed by atoms with Crippen LogP contribution in [-0.2, 0) is 19.5 Å². The summed E-state index contributed by atoms with van der Waals surface area (Å²) in [5.74, 6) is 1.25. The lowest BCUT2D eigenvalue weighted by Gasteiger charge is -2.05. The molecule has 0 N–H and O–H groups in total. The average molecular weight is 296 g/mol. The zero-order valence-electron chi connectivity index (χ0n) is 11.0. The van der Waals surface area contributed by atoms with Gasteiger partial charge in [-0.05, 0) is 13.8 Å². The predicted octanol–water partition coefficient (Wildman–Crippen LogP) is 2.63. The third-order valence-electron chi connectivity index (χ3n) is 3.05. The van der Waals surface area contributed by atoms with Crippen molar-refractivity contribution in [3.05, 3.63) is 27.6 Å². The molecule has 0 saturated heterocycles. The molecule has 0 spiro atoms. The molecule has 0 aromatic carbocycles. The standard InChI is InChI=1S/C12H14ClN5S/c1-7-5-14-10(19-7)6-18-9(4-13)15-11-8(2)16-17(3)12(11)18/h5H,4,6H2,1-3H3. The van der Waals surface area contributed by atoms with Crippen molar-refractivity contribution in [3.63, 3.8) is 0 Å². The Bertz CT molecular complexity index is 739. The van der Waals surface area contributed by atoms with Gasteiger partial charge in [-0.3, -0.25) is 4.68 Å². The highest BCUT2D eigenvalue weighted by Gasteiger charge is 2.17. The number of imidazole rings is 1. The first-order chi connectivity index (χ1) is 9.10. The highest BCUT2D eigenvalue weighted by molar-refractivity contribution is 7.11. The van der Waals surface area contributed by atoms with Gasteiger partial charge < -0.3 is 4.57 Å². The summed E-state index contributed by atoms with van der Waals surface area (Å²) in [5.41, 5.74) is 2.85. The molecule has 3 aromatic heterocycles. The lowest BCUT2D eigenvalue weighted by Crippen LogP contribution is -2.07. The highest BCUT2D eigenvalue weighted by atomic mass is 35.5. The number of fused-ring (bicyclic) bond motifs is 1. The molecule has 0 aliphatic rings. The number of hydrogen-bond donors (Lipinski definition) is 0. The van der Waals surface area contributed by atoms with E-state index in [0.29, 0.717) is 12.4 Å². The predicted molar refractivity (Wildman–Crippen MR) is 76.7 cm³/mol. The summed E-state index contributed by atoms with van der Waals surface area (Å²) >= 11 is 7.70. The summed E-state index contributed by atoms with van der Waals surface area (Å²) in [4.78, 5) is 10.2. The summed E-state index contributed by atoms with van der Waals surface area (Å²) in [6.07, 6.45) is 1.89. The smallest absolute Gasteiger partial charge is 0.159 e. The minimum Gasteiger partial charge on any atom is -0.305 e. The largest absolute Gasteiger partial charge is 0.305 e. The van der Waals surface area contributed by atoms with Crippen molar-refractivity contribution in [2.45, 2.75) is 26.3 Å². The average Bonchev–Trinajstić information content (AvgIpc) is 3.00. The second kappa shape index (κ2) is 4.61. The highest BCUT2D eigenvalue weighted by Crippen LogP contribution is 2.22. The summed E-state index contributed by atoms with van der Waals surface area (Å²) in [6.45, 7) is 4.71. The third-order valence-corrected chi connectivity index (χ3v) is 4.19. The van der Waals surface area contributed by atoms with Crippen molar-refractivity contribution in [1.29, 1.82) is 0 Å². The van der Waals surface area contributed by atoms with Gasteiger partial charge in [0.2, 0.25) is 0 Å². The van der Waals surface area contributed by atoms with Crippen LogP contribution in [-0.4, -0.2) is 24.3 Å². The zero-order valence-corrected chi connectivity index (χ0v) is 12.6. The van der Waals surface area contributed by atoms with Crippen molar-refractivity contribution in [2.75, 3.05) is 0 Å². The molecule has 0 radical (unpaired) electrons. The summed E-state index contributed by atoms with van der Waals surface area (Å²) in [6, 6.07) is 0. The Morgan fingerprint density at radius 1 is 1.37 bits per heavy atom. The third kappa shape index (κ3) is 2.04. The Morgan fingerprint density at radius 2 is 2.16 bits per heavy atom. The molecule has 100 valence electrons. The Hall–Kier alpha value is -1.40. The van der Waals surface area contributed by atoms with E-state index in [1.807, 2.05) is 24.9 Å². The number of hydrogen-bond acceptors (Lipinski definition) is 4. The molecule has 0 amide bonds. The molecule has 7 heteroatoms. The number of nitrogens with zero attached hydrogens (tertiary/aromatic N) is 5. The topological polar surface area (TPSA) is 48.5 Å². The van der Waals surface area contributed by atoms with Crippen molar-refractivity contribution >= 4 is 34.1 Å². The molecule has 0 aliphatic carbocycles. The van der Waals surface area contributed by atoms with E-state index in [1.54, 1.807) is 11.3 Å². The van der Waals surface area contributed by atoms with Crippen molar-refractivity contribution in [3.8, 4) is 0 Å². The molecular formula is C12H14ClN5S. The summed E-state index contributed by atoms with van der Waals surface area (Å²) in [5, 5.41) is 5.46. The first-order valence-corrected chi connectivity index (χ1v) is 7.31. The number of halogens is 1. The van der Waals surface area contributed by atoms with Gasteiger partial charge >= 0.3 is 0 Å². The second-order valence-electron chi connectivity index (χ2n) is 4.49. The lowest BCUT2D eigenvalue weighted by atomic mass is 10.4. The van der Waals surface area contributed by atoms with Gasteiger partial charge in [0, 0.05) is 18.1 Å². The molecule has 0 atom stereocenters. The minimum absolute atomic E-state index is 0.387. The monoisotopic (exact) mass is 295 g/mol. The van der Waals surface area contributed by atoms with Gasteiger partial charge in [-0.25, -0.2) is 9.97 Å². The fraction of sp³-hybridized carbons (Fsp3) is 0.417. The molecule has 0 bridgehead atoms. The molecule has 0 saturated carbocycles. The Labute approximate surface area is 119 Å². The molecule has 3 aromatic rings. The molecule has 19 heavy (non-hydrogen) atoms. The summed E-state index contributed by atoms with van der Waals surface area (Å²) < 4.78 is 3.95. The fourth-order valence-electron chi connectivity index (χ4n) is 2.26. The van der Waals surface area contributed by atoms with Crippen molar-refractivity contribution in [1.82, 2.24) is 24.3 Å². The van der Waals surface area contributed by atoms with Gasteiger partial charge in [-0.15, -0.1) is 22.9 Å². The number of alkyl halides is 1.